The summed E-state index contributed by atoms with van der Waals surface area (Å²) >= 11 is 0. The van der Waals surface area contributed by atoms with Crippen LogP contribution in [0.1, 0.15) is 31.1 Å². The first kappa shape index (κ1) is 13.8. The van der Waals surface area contributed by atoms with Gasteiger partial charge in [-0.25, -0.2) is 4.39 Å². The average Bonchev–Trinajstić information content (AvgIpc) is 2.27. The van der Waals surface area contributed by atoms with Crippen LogP contribution in [0, 0.1) is 0 Å². The van der Waals surface area contributed by atoms with Gasteiger partial charge >= 0.3 is 0 Å². The Morgan fingerprint density at radius 3 is 2.12 bits per heavy atom. The molecule has 96 valence electrons. The predicted octanol–water partition coefficient (Wildman–Crippen LogP) is 2.62. The molecular weight excluding hydrogens is 221 g/mol. The summed E-state index contributed by atoms with van der Waals surface area (Å²) in [4.78, 5) is 0. The molecular formula is C13H20FNO2. The van der Waals surface area contributed by atoms with Crippen molar-refractivity contribution >= 4 is 0 Å². The molecule has 2 unspecified atom stereocenters. The van der Waals surface area contributed by atoms with E-state index in [0.29, 0.717) is 23.5 Å². The van der Waals surface area contributed by atoms with E-state index in [-0.39, 0.29) is 6.04 Å². The minimum absolute atomic E-state index is 0.0226. The Hall–Kier alpha value is -1.29. The van der Waals surface area contributed by atoms with Gasteiger partial charge in [-0.15, -0.1) is 0 Å². The standard InChI is InChI=1S/C13H20FNO2/c1-8(15)5-10-6-12(16-3)13(17-4)7-11(10)9(2)14/h6-9H,5,15H2,1-4H3. The Morgan fingerprint density at radius 2 is 1.71 bits per heavy atom. The zero-order chi connectivity index (χ0) is 13.0. The van der Waals surface area contributed by atoms with E-state index in [2.05, 4.69) is 0 Å². The second kappa shape index (κ2) is 5.87. The molecule has 0 bridgehead atoms. The van der Waals surface area contributed by atoms with Crippen molar-refractivity contribution in [3.8, 4) is 11.5 Å². The highest BCUT2D eigenvalue weighted by Gasteiger charge is 2.16. The maximum Gasteiger partial charge on any atom is 0.161 e. The molecule has 4 heteroatoms. The quantitative estimate of drug-likeness (QED) is 0.861. The number of nitrogens with two attached hydrogens (primary N) is 1. The van der Waals surface area contributed by atoms with E-state index in [1.54, 1.807) is 19.2 Å². The molecule has 2 atom stereocenters. The van der Waals surface area contributed by atoms with Crippen LogP contribution in [-0.4, -0.2) is 20.3 Å². The summed E-state index contributed by atoms with van der Waals surface area (Å²) in [6.07, 6.45) is -0.437. The first-order valence-corrected chi connectivity index (χ1v) is 5.64. The third-order valence-electron chi connectivity index (χ3n) is 2.62. The number of halogens is 1. The number of hydrogen-bond donors (Lipinski definition) is 1. The van der Waals surface area contributed by atoms with E-state index in [4.69, 9.17) is 15.2 Å². The van der Waals surface area contributed by atoms with Gasteiger partial charge in [0, 0.05) is 6.04 Å². The lowest BCUT2D eigenvalue weighted by Gasteiger charge is -2.17. The Kier molecular flexibility index (Phi) is 4.75. The van der Waals surface area contributed by atoms with Gasteiger partial charge in [0.05, 0.1) is 14.2 Å². The summed E-state index contributed by atoms with van der Waals surface area (Å²) in [7, 11) is 3.10. The molecule has 1 aromatic rings. The van der Waals surface area contributed by atoms with Crippen LogP contribution in [0.3, 0.4) is 0 Å². The predicted molar refractivity (Wildman–Crippen MR) is 66.4 cm³/mol. The molecule has 0 aliphatic carbocycles. The lowest BCUT2D eigenvalue weighted by atomic mass is 9.97. The molecule has 17 heavy (non-hydrogen) atoms. The fourth-order valence-electron chi connectivity index (χ4n) is 1.83. The number of ether oxygens (including phenoxy) is 2. The molecule has 0 saturated carbocycles. The largest absolute Gasteiger partial charge is 0.493 e. The van der Waals surface area contributed by atoms with Gasteiger partial charge < -0.3 is 15.2 Å². The first-order valence-electron chi connectivity index (χ1n) is 5.64. The molecule has 0 saturated heterocycles. The molecule has 0 aromatic heterocycles. The zero-order valence-electron chi connectivity index (χ0n) is 10.8. The van der Waals surface area contributed by atoms with Crippen molar-refractivity contribution in [2.24, 2.45) is 5.73 Å². The lowest BCUT2D eigenvalue weighted by molar-refractivity contribution is 0.345. The van der Waals surface area contributed by atoms with Crippen molar-refractivity contribution < 1.29 is 13.9 Å². The van der Waals surface area contributed by atoms with Gasteiger partial charge in [0.25, 0.3) is 0 Å². The van der Waals surface area contributed by atoms with Crippen molar-refractivity contribution in [2.75, 3.05) is 14.2 Å². The van der Waals surface area contributed by atoms with E-state index in [9.17, 15) is 4.39 Å². The second-order valence-corrected chi connectivity index (χ2v) is 4.20. The molecule has 0 aliphatic heterocycles. The third-order valence-corrected chi connectivity index (χ3v) is 2.62. The Morgan fingerprint density at radius 1 is 1.18 bits per heavy atom. The van der Waals surface area contributed by atoms with Gasteiger partial charge in [-0.2, -0.15) is 0 Å². The van der Waals surface area contributed by atoms with Gasteiger partial charge in [0.2, 0.25) is 0 Å². The normalized spacial score (nSPS) is 14.2. The average molecular weight is 241 g/mol. The molecule has 0 heterocycles. The molecule has 1 rings (SSSR count). The summed E-state index contributed by atoms with van der Waals surface area (Å²) in [5.41, 5.74) is 7.24. The molecule has 0 fully saturated rings. The Bertz CT molecular complexity index is 378. The third kappa shape index (κ3) is 3.33. The van der Waals surface area contributed by atoms with Crippen molar-refractivity contribution in [1.29, 1.82) is 0 Å². The highest BCUT2D eigenvalue weighted by molar-refractivity contribution is 5.48. The smallest absolute Gasteiger partial charge is 0.161 e. The van der Waals surface area contributed by atoms with Crippen molar-refractivity contribution in [3.05, 3.63) is 23.3 Å². The van der Waals surface area contributed by atoms with Crippen LogP contribution in [0.15, 0.2) is 12.1 Å². The summed E-state index contributed by atoms with van der Waals surface area (Å²) < 4.78 is 23.9. The molecule has 0 amide bonds. The van der Waals surface area contributed by atoms with E-state index >= 15 is 0 Å². The molecule has 0 aliphatic rings. The van der Waals surface area contributed by atoms with E-state index in [1.165, 1.54) is 14.0 Å². The van der Waals surface area contributed by atoms with Crippen LogP contribution in [0.4, 0.5) is 4.39 Å². The summed E-state index contributed by atoms with van der Waals surface area (Å²) in [5, 5.41) is 0. The summed E-state index contributed by atoms with van der Waals surface area (Å²) in [6, 6.07) is 3.46. The molecule has 0 radical (unpaired) electrons. The minimum atomic E-state index is -1.05. The summed E-state index contributed by atoms with van der Waals surface area (Å²) in [5.74, 6) is 1.15. The van der Waals surface area contributed by atoms with Crippen molar-refractivity contribution in [1.82, 2.24) is 0 Å². The molecule has 0 spiro atoms. The Labute approximate surface area is 102 Å². The van der Waals surface area contributed by atoms with Crippen LogP contribution < -0.4 is 15.2 Å². The maximum absolute atomic E-state index is 13.6. The van der Waals surface area contributed by atoms with Gasteiger partial charge in [0.15, 0.2) is 11.5 Å². The van der Waals surface area contributed by atoms with Crippen LogP contribution in [-0.2, 0) is 6.42 Å². The van der Waals surface area contributed by atoms with Crippen LogP contribution in [0.5, 0.6) is 11.5 Å². The fourth-order valence-corrected chi connectivity index (χ4v) is 1.83. The van der Waals surface area contributed by atoms with Crippen molar-refractivity contribution in [2.45, 2.75) is 32.5 Å². The summed E-state index contributed by atoms with van der Waals surface area (Å²) in [6.45, 7) is 3.40. The van der Waals surface area contributed by atoms with Gasteiger partial charge in [0.1, 0.15) is 6.17 Å². The molecule has 2 N–H and O–H groups in total. The number of alkyl halides is 1. The van der Waals surface area contributed by atoms with E-state index in [1.807, 2.05) is 6.92 Å². The van der Waals surface area contributed by atoms with Gasteiger partial charge in [-0.05, 0) is 43.5 Å². The van der Waals surface area contributed by atoms with Gasteiger partial charge in [-0.1, -0.05) is 0 Å². The van der Waals surface area contributed by atoms with Crippen LogP contribution in [0.2, 0.25) is 0 Å². The SMILES string of the molecule is COc1cc(CC(C)N)c(C(C)F)cc1OC. The van der Waals surface area contributed by atoms with Crippen LogP contribution >= 0.6 is 0 Å². The number of benzene rings is 1. The molecule has 3 nitrogen and oxygen atoms in total. The van der Waals surface area contributed by atoms with E-state index in [0.717, 1.165) is 5.56 Å². The fraction of sp³-hybridized carbons (Fsp3) is 0.538. The molecule has 1 aromatic carbocycles. The van der Waals surface area contributed by atoms with Crippen LogP contribution in [0.25, 0.3) is 0 Å². The maximum atomic E-state index is 13.6. The monoisotopic (exact) mass is 241 g/mol. The van der Waals surface area contributed by atoms with E-state index < -0.39 is 6.17 Å². The number of hydrogen-bond acceptors (Lipinski definition) is 3. The lowest BCUT2D eigenvalue weighted by Crippen LogP contribution is -2.19. The second-order valence-electron chi connectivity index (χ2n) is 4.20. The topological polar surface area (TPSA) is 44.5 Å². The first-order chi connectivity index (χ1) is 7.99. The minimum Gasteiger partial charge on any atom is -0.493 e. The van der Waals surface area contributed by atoms with Gasteiger partial charge in [-0.3, -0.25) is 0 Å². The Balaban J connectivity index is 3.24. The van der Waals surface area contributed by atoms with Crippen molar-refractivity contribution in [3.63, 3.8) is 0 Å². The highest BCUT2D eigenvalue weighted by Crippen LogP contribution is 2.34. The zero-order valence-corrected chi connectivity index (χ0v) is 10.8. The number of methoxy groups -OCH3 is 2. The highest BCUT2D eigenvalue weighted by atomic mass is 19.1. The number of rotatable bonds is 5.